The van der Waals surface area contributed by atoms with E-state index in [1.54, 1.807) is 0 Å². The normalized spacial score (nSPS) is 26.7. The van der Waals surface area contributed by atoms with Crippen molar-refractivity contribution >= 4 is 17.9 Å². The fourth-order valence-corrected chi connectivity index (χ4v) is 1.84. The van der Waals surface area contributed by atoms with Crippen molar-refractivity contribution in [1.82, 2.24) is 10.6 Å². The van der Waals surface area contributed by atoms with Crippen molar-refractivity contribution in [3.05, 3.63) is 0 Å². The topological polar surface area (TPSA) is 166 Å². The molecule has 9 nitrogen and oxygen atoms in total. The van der Waals surface area contributed by atoms with Crippen molar-refractivity contribution in [2.75, 3.05) is 6.54 Å². The summed E-state index contributed by atoms with van der Waals surface area (Å²) in [6, 6.07) is -1.24. The summed E-state index contributed by atoms with van der Waals surface area (Å²) in [6.45, 7) is 0.0849. The van der Waals surface area contributed by atoms with Gasteiger partial charge in [-0.1, -0.05) is 0 Å². The molecule has 0 saturated carbocycles. The summed E-state index contributed by atoms with van der Waals surface area (Å²) in [4.78, 5) is 31.8. The number of nitrogens with one attached hydrogen (secondary N) is 2. The molecule has 0 radical (unpaired) electrons. The van der Waals surface area contributed by atoms with Crippen LogP contribution in [-0.4, -0.2) is 62.7 Å². The highest BCUT2D eigenvalue weighted by Crippen LogP contribution is 2.31. The maximum absolute atomic E-state index is 10.8. The minimum atomic E-state index is -1.29. The van der Waals surface area contributed by atoms with Crippen LogP contribution in [0.1, 0.15) is 19.3 Å². The first-order valence-corrected chi connectivity index (χ1v) is 5.62. The second-order valence-corrected chi connectivity index (χ2v) is 4.47. The quantitative estimate of drug-likeness (QED) is 0.262. The Kier molecular flexibility index (Phi) is 4.81. The molecule has 9 heteroatoms. The molecule has 1 heterocycles. The average Bonchev–Trinajstić information content (AvgIpc) is 2.85. The lowest BCUT2D eigenvalue weighted by atomic mass is 10.0. The van der Waals surface area contributed by atoms with E-state index in [1.165, 1.54) is 0 Å². The Balaban J connectivity index is 2.41. The van der Waals surface area contributed by atoms with Crippen LogP contribution in [0.3, 0.4) is 0 Å². The highest BCUT2D eigenvalue weighted by molar-refractivity contribution is 5.80. The first-order chi connectivity index (χ1) is 8.77. The first kappa shape index (κ1) is 15.3. The van der Waals surface area contributed by atoms with E-state index in [0.717, 1.165) is 0 Å². The molecular weight excluding hydrogens is 260 g/mol. The Labute approximate surface area is 108 Å². The lowest BCUT2D eigenvalue weighted by Crippen LogP contribution is -2.40. The molecule has 0 bridgehead atoms. The molecule has 0 aliphatic carbocycles. The molecule has 0 aromatic heterocycles. The second-order valence-electron chi connectivity index (χ2n) is 4.47. The lowest BCUT2D eigenvalue weighted by molar-refractivity contribution is -0.146. The van der Waals surface area contributed by atoms with E-state index in [-0.39, 0.29) is 19.4 Å². The Morgan fingerprint density at radius 1 is 1.21 bits per heavy atom. The van der Waals surface area contributed by atoms with Gasteiger partial charge in [-0.15, -0.1) is 0 Å². The maximum atomic E-state index is 10.8. The lowest BCUT2D eigenvalue weighted by Gasteiger charge is -2.15. The molecule has 0 spiro atoms. The van der Waals surface area contributed by atoms with Crippen molar-refractivity contribution in [2.24, 2.45) is 0 Å². The average molecular weight is 276 g/mol. The zero-order valence-electron chi connectivity index (χ0n) is 10.00. The Bertz CT molecular complexity index is 386. The molecule has 1 saturated heterocycles. The molecule has 1 aliphatic heterocycles. The Hall–Kier alpha value is -1.71. The van der Waals surface area contributed by atoms with E-state index in [2.05, 4.69) is 10.6 Å². The SMILES string of the molecule is O=C(O)CC(NCCC1(CC(=O)O)NC1O)C(=O)O. The molecule has 1 fully saturated rings. The minimum Gasteiger partial charge on any atom is -0.481 e. The van der Waals surface area contributed by atoms with Crippen LogP contribution in [-0.2, 0) is 14.4 Å². The van der Waals surface area contributed by atoms with E-state index in [1.807, 2.05) is 0 Å². The van der Waals surface area contributed by atoms with Crippen LogP contribution >= 0.6 is 0 Å². The summed E-state index contributed by atoms with van der Waals surface area (Å²) in [6.07, 6.45) is -1.61. The van der Waals surface area contributed by atoms with E-state index < -0.39 is 42.1 Å². The first-order valence-electron chi connectivity index (χ1n) is 5.62. The molecule has 1 aliphatic rings. The van der Waals surface area contributed by atoms with Crippen LogP contribution in [0.25, 0.3) is 0 Å². The summed E-state index contributed by atoms with van der Waals surface area (Å²) < 4.78 is 0. The van der Waals surface area contributed by atoms with Crippen LogP contribution in [0.4, 0.5) is 0 Å². The number of aliphatic carboxylic acids is 3. The van der Waals surface area contributed by atoms with Crippen molar-refractivity contribution in [3.8, 4) is 0 Å². The van der Waals surface area contributed by atoms with Crippen LogP contribution in [0.15, 0.2) is 0 Å². The van der Waals surface area contributed by atoms with Gasteiger partial charge in [-0.2, -0.15) is 0 Å². The number of carboxylic acid groups (broad SMARTS) is 3. The Morgan fingerprint density at radius 2 is 1.79 bits per heavy atom. The molecule has 0 aromatic rings. The van der Waals surface area contributed by atoms with Gasteiger partial charge in [0.05, 0.1) is 18.4 Å². The van der Waals surface area contributed by atoms with Gasteiger partial charge in [-0.25, -0.2) is 0 Å². The summed E-state index contributed by atoms with van der Waals surface area (Å²) in [5.41, 5.74) is -0.953. The molecule has 3 atom stereocenters. The molecule has 6 N–H and O–H groups in total. The highest BCUT2D eigenvalue weighted by Gasteiger charge is 2.53. The van der Waals surface area contributed by atoms with Crippen LogP contribution in [0.2, 0.25) is 0 Å². The molecular formula is C10H16N2O7. The van der Waals surface area contributed by atoms with Gasteiger partial charge in [0.15, 0.2) is 0 Å². The zero-order chi connectivity index (χ0) is 14.6. The second kappa shape index (κ2) is 5.95. The van der Waals surface area contributed by atoms with Crippen molar-refractivity contribution < 1.29 is 34.8 Å². The van der Waals surface area contributed by atoms with E-state index >= 15 is 0 Å². The molecule has 0 aromatic carbocycles. The van der Waals surface area contributed by atoms with Crippen molar-refractivity contribution in [1.29, 1.82) is 0 Å². The van der Waals surface area contributed by atoms with Gasteiger partial charge in [0.2, 0.25) is 0 Å². The Morgan fingerprint density at radius 3 is 2.16 bits per heavy atom. The largest absolute Gasteiger partial charge is 0.481 e. The van der Waals surface area contributed by atoms with E-state index in [0.29, 0.717) is 0 Å². The van der Waals surface area contributed by atoms with Gasteiger partial charge in [0.25, 0.3) is 0 Å². The van der Waals surface area contributed by atoms with Gasteiger partial charge in [-0.3, -0.25) is 19.7 Å². The summed E-state index contributed by atoms with van der Waals surface area (Å²) in [5.74, 6) is -3.62. The number of hydrogen-bond donors (Lipinski definition) is 6. The molecule has 108 valence electrons. The molecule has 1 rings (SSSR count). The zero-order valence-corrected chi connectivity index (χ0v) is 10.00. The number of carbonyl (C=O) groups is 3. The predicted molar refractivity (Wildman–Crippen MR) is 60.4 cm³/mol. The summed E-state index contributed by atoms with van der Waals surface area (Å²) >= 11 is 0. The summed E-state index contributed by atoms with van der Waals surface area (Å²) in [7, 11) is 0. The third-order valence-electron chi connectivity index (χ3n) is 2.97. The van der Waals surface area contributed by atoms with Crippen LogP contribution in [0, 0.1) is 0 Å². The third-order valence-corrected chi connectivity index (χ3v) is 2.97. The smallest absolute Gasteiger partial charge is 0.321 e. The summed E-state index contributed by atoms with van der Waals surface area (Å²) in [5, 5.41) is 40.4. The fourth-order valence-electron chi connectivity index (χ4n) is 1.84. The third kappa shape index (κ3) is 4.47. The highest BCUT2D eigenvalue weighted by atomic mass is 16.4. The van der Waals surface area contributed by atoms with Gasteiger partial charge in [0.1, 0.15) is 12.3 Å². The van der Waals surface area contributed by atoms with Gasteiger partial charge in [-0.05, 0) is 13.0 Å². The number of aliphatic hydroxyl groups is 1. The maximum Gasteiger partial charge on any atom is 0.321 e. The fraction of sp³-hybridized carbons (Fsp3) is 0.700. The van der Waals surface area contributed by atoms with Crippen molar-refractivity contribution in [3.63, 3.8) is 0 Å². The molecule has 0 amide bonds. The van der Waals surface area contributed by atoms with Crippen molar-refractivity contribution in [2.45, 2.75) is 37.1 Å². The molecule has 3 unspecified atom stereocenters. The predicted octanol–water partition coefficient (Wildman–Crippen LogP) is -1.97. The standard InChI is InChI=1S/C10H16N2O7/c13-6(14)3-5(8(17)18)11-2-1-10(4-7(15)16)9(19)12-10/h5,9,11-12,19H,1-4H2,(H,13,14)(H,15,16)(H,17,18). The molecule has 19 heavy (non-hydrogen) atoms. The van der Waals surface area contributed by atoms with E-state index in [9.17, 15) is 19.5 Å². The minimum absolute atomic E-state index is 0.0849. The monoisotopic (exact) mass is 276 g/mol. The van der Waals surface area contributed by atoms with Gasteiger partial charge < -0.3 is 25.7 Å². The van der Waals surface area contributed by atoms with Gasteiger partial charge in [0, 0.05) is 0 Å². The number of carboxylic acids is 3. The number of hydrogen-bond acceptors (Lipinski definition) is 6. The van der Waals surface area contributed by atoms with E-state index in [4.69, 9.17) is 15.3 Å². The number of rotatable bonds is 9. The van der Waals surface area contributed by atoms with Crippen LogP contribution < -0.4 is 10.6 Å². The van der Waals surface area contributed by atoms with Crippen LogP contribution in [0.5, 0.6) is 0 Å². The van der Waals surface area contributed by atoms with Gasteiger partial charge >= 0.3 is 17.9 Å². The number of aliphatic hydroxyl groups excluding tert-OH is 1.